The molecule has 0 aliphatic carbocycles. The monoisotopic (exact) mass is 966 g/mol. The minimum atomic E-state index is -0.843. The number of hydrogen-bond acceptors (Lipinski definition) is 5. The molecule has 0 fully saturated rings. The van der Waals surface area contributed by atoms with Crippen LogP contribution in [0.2, 0.25) is 0 Å². The van der Waals surface area contributed by atoms with E-state index in [1.54, 1.807) is 6.08 Å². The molecule has 3 atom stereocenters. The fraction of sp³-hybridized carbons (Fsp3) is 0.594. The van der Waals surface area contributed by atoms with Crippen molar-refractivity contribution in [3.05, 3.63) is 146 Å². The van der Waals surface area contributed by atoms with Gasteiger partial charge in [-0.3, -0.25) is 9.59 Å². The Kier molecular flexibility index (Phi) is 52.3. The molecular weight excluding hydrogens is 863 g/mol. The second-order valence-corrected chi connectivity index (χ2v) is 18.2. The number of nitrogens with one attached hydrogen (secondary N) is 1. The normalized spacial score (nSPS) is 14.3. The lowest BCUT2D eigenvalue weighted by atomic mass is 10.0. The number of ether oxygens (including phenoxy) is 1. The molecule has 0 aliphatic rings. The largest absolute Gasteiger partial charge is 0.458 e. The summed E-state index contributed by atoms with van der Waals surface area (Å²) in [5, 5.41) is 23.8. The smallest absolute Gasteiger partial charge is 0.306 e. The third-order valence-electron chi connectivity index (χ3n) is 11.7. The highest BCUT2D eigenvalue weighted by Gasteiger charge is 2.23. The predicted octanol–water partition coefficient (Wildman–Crippen LogP) is 17.6. The molecule has 0 rings (SSSR count). The number of carbonyl (C=O) groups excluding carboxylic acids is 2. The molecule has 0 saturated heterocycles. The second kappa shape index (κ2) is 55.7. The fourth-order valence-corrected chi connectivity index (χ4v) is 7.51. The van der Waals surface area contributed by atoms with E-state index in [9.17, 15) is 19.8 Å². The number of rotatable bonds is 48. The van der Waals surface area contributed by atoms with Crippen molar-refractivity contribution in [2.24, 2.45) is 0 Å². The Balaban J connectivity index is 4.88. The highest BCUT2D eigenvalue weighted by molar-refractivity contribution is 5.78. The Bertz CT molecular complexity index is 1550. The number of carbonyl (C=O) groups is 2. The van der Waals surface area contributed by atoms with Crippen molar-refractivity contribution in [2.75, 3.05) is 6.61 Å². The summed E-state index contributed by atoms with van der Waals surface area (Å²) in [6.07, 6.45) is 80.9. The summed E-state index contributed by atoms with van der Waals surface area (Å²) < 4.78 is 5.80. The number of aliphatic hydroxyl groups is 2. The highest BCUT2D eigenvalue weighted by atomic mass is 16.5. The molecule has 0 bridgehead atoms. The van der Waals surface area contributed by atoms with Crippen molar-refractivity contribution >= 4 is 11.9 Å². The van der Waals surface area contributed by atoms with E-state index in [0.717, 1.165) is 89.9 Å². The van der Waals surface area contributed by atoms with Crippen LogP contribution in [0.3, 0.4) is 0 Å². The van der Waals surface area contributed by atoms with Gasteiger partial charge in [-0.1, -0.05) is 257 Å². The Morgan fingerprint density at radius 1 is 0.443 bits per heavy atom. The minimum Gasteiger partial charge on any atom is -0.458 e. The van der Waals surface area contributed by atoms with Crippen LogP contribution in [-0.4, -0.2) is 46.9 Å². The van der Waals surface area contributed by atoms with Crippen LogP contribution in [0.5, 0.6) is 0 Å². The van der Waals surface area contributed by atoms with Crippen LogP contribution in [0.25, 0.3) is 0 Å². The van der Waals surface area contributed by atoms with Gasteiger partial charge in [0.1, 0.15) is 6.10 Å². The van der Waals surface area contributed by atoms with Gasteiger partial charge in [-0.25, -0.2) is 0 Å². The molecule has 0 aromatic rings. The molecule has 1 amide bonds. The number of aliphatic hydroxyl groups excluding tert-OH is 2. The lowest BCUT2D eigenvalue weighted by Gasteiger charge is -2.23. The van der Waals surface area contributed by atoms with Crippen LogP contribution >= 0.6 is 0 Å². The molecule has 0 heterocycles. The van der Waals surface area contributed by atoms with E-state index in [0.29, 0.717) is 19.3 Å². The van der Waals surface area contributed by atoms with Gasteiger partial charge in [0.05, 0.1) is 25.2 Å². The van der Waals surface area contributed by atoms with Gasteiger partial charge in [-0.05, 0) is 96.0 Å². The quantitative estimate of drug-likeness (QED) is 0.0321. The van der Waals surface area contributed by atoms with Gasteiger partial charge >= 0.3 is 5.97 Å². The maximum atomic E-state index is 13.2. The summed E-state index contributed by atoms with van der Waals surface area (Å²) in [5.41, 5.74) is 0. The zero-order valence-electron chi connectivity index (χ0n) is 44.8. The Labute approximate surface area is 430 Å². The molecule has 6 nitrogen and oxygen atoms in total. The summed E-state index contributed by atoms with van der Waals surface area (Å²) >= 11 is 0. The average Bonchev–Trinajstić information content (AvgIpc) is 3.35. The van der Waals surface area contributed by atoms with Gasteiger partial charge in [0.15, 0.2) is 0 Å². The van der Waals surface area contributed by atoms with Crippen LogP contribution in [-0.2, 0) is 14.3 Å². The van der Waals surface area contributed by atoms with Crippen molar-refractivity contribution in [3.8, 4) is 0 Å². The maximum absolute atomic E-state index is 13.2. The molecule has 6 heteroatoms. The van der Waals surface area contributed by atoms with Crippen molar-refractivity contribution in [2.45, 2.75) is 238 Å². The topological polar surface area (TPSA) is 95.9 Å². The highest BCUT2D eigenvalue weighted by Crippen LogP contribution is 2.15. The zero-order chi connectivity index (χ0) is 50.9. The van der Waals surface area contributed by atoms with E-state index in [1.165, 1.54) is 77.0 Å². The van der Waals surface area contributed by atoms with E-state index >= 15 is 0 Å². The predicted molar refractivity (Wildman–Crippen MR) is 305 cm³/mol. The first-order chi connectivity index (χ1) is 34.5. The first-order valence-corrected chi connectivity index (χ1v) is 28.1. The van der Waals surface area contributed by atoms with E-state index in [2.05, 4.69) is 154 Å². The lowest BCUT2D eigenvalue weighted by molar-refractivity contribution is -0.148. The molecule has 0 radical (unpaired) electrons. The van der Waals surface area contributed by atoms with Gasteiger partial charge in [-0.15, -0.1) is 0 Å². The number of amides is 1. The molecule has 0 aromatic carbocycles. The maximum Gasteiger partial charge on any atom is 0.306 e. The number of allylic oxidation sites excluding steroid dienone is 23. The third-order valence-corrected chi connectivity index (χ3v) is 11.7. The van der Waals surface area contributed by atoms with Crippen molar-refractivity contribution in [1.82, 2.24) is 5.32 Å². The molecule has 0 aliphatic heterocycles. The van der Waals surface area contributed by atoms with Gasteiger partial charge in [0.25, 0.3) is 0 Å². The third kappa shape index (κ3) is 50.1. The van der Waals surface area contributed by atoms with Crippen LogP contribution in [0.1, 0.15) is 220 Å². The van der Waals surface area contributed by atoms with E-state index in [-0.39, 0.29) is 31.3 Å². The van der Waals surface area contributed by atoms with Crippen LogP contribution < -0.4 is 5.32 Å². The summed E-state index contributed by atoms with van der Waals surface area (Å²) in [6.45, 7) is 6.20. The van der Waals surface area contributed by atoms with Crippen LogP contribution in [0.4, 0.5) is 0 Å². The van der Waals surface area contributed by atoms with E-state index in [4.69, 9.17) is 4.74 Å². The first kappa shape index (κ1) is 65.7. The Morgan fingerprint density at radius 2 is 0.771 bits per heavy atom. The van der Waals surface area contributed by atoms with E-state index < -0.39 is 18.2 Å². The molecule has 394 valence electrons. The molecule has 70 heavy (non-hydrogen) atoms. The fourth-order valence-electron chi connectivity index (χ4n) is 7.51. The molecule has 0 spiro atoms. The van der Waals surface area contributed by atoms with Gasteiger partial charge in [0.2, 0.25) is 5.91 Å². The molecule has 3 N–H and O–H groups in total. The van der Waals surface area contributed by atoms with Crippen LogP contribution in [0, 0.1) is 0 Å². The molecule has 3 unspecified atom stereocenters. The molecular formula is C64H103NO5. The summed E-state index contributed by atoms with van der Waals surface area (Å²) in [5.74, 6) is -0.743. The zero-order valence-corrected chi connectivity index (χ0v) is 44.8. The van der Waals surface area contributed by atoms with Crippen LogP contribution in [0.15, 0.2) is 146 Å². The summed E-state index contributed by atoms with van der Waals surface area (Å²) in [4.78, 5) is 26.2. The van der Waals surface area contributed by atoms with Crippen molar-refractivity contribution < 1.29 is 24.5 Å². The van der Waals surface area contributed by atoms with Crippen molar-refractivity contribution in [3.63, 3.8) is 0 Å². The van der Waals surface area contributed by atoms with E-state index in [1.807, 2.05) is 12.2 Å². The van der Waals surface area contributed by atoms with Gasteiger partial charge in [-0.2, -0.15) is 0 Å². The SMILES string of the molecule is CC/C=C\C/C=C\C/C=C\C/C=C\C/C=C\C/C=C\CCC(=O)OC(/C=C\C/C=C\C/C=C\C/C=C\C/C=C\C/C=C\CC)CC(=O)NC(CO)C(O)CCCCCCCCCCCCCCCCC. The lowest BCUT2D eigenvalue weighted by Crippen LogP contribution is -2.46. The number of hydrogen-bond donors (Lipinski definition) is 3. The Hall–Kier alpha value is -4.26. The minimum absolute atomic E-state index is 0.0873. The average molecular weight is 967 g/mol. The number of unbranched alkanes of at least 4 members (excludes halogenated alkanes) is 14. The van der Waals surface area contributed by atoms with Gasteiger partial charge in [0, 0.05) is 6.42 Å². The standard InChI is InChI=1S/C64H103NO5/c1-4-7-10-13-16-19-22-25-28-30-31-33-36-39-42-45-48-51-54-57-64(69)70-60(55-52-49-46-43-40-37-35-32-29-26-23-20-17-14-11-8-5-2)58-63(68)65-61(59-66)62(67)56-53-50-47-44-41-38-34-27-24-21-18-15-12-9-6-3/h7-8,10-11,16-17,19-20,25-26,28-29,31,33,35,37,39,42-43,46,48,51-52,55,60-62,66-67H,4-6,9,12-15,18,21-24,27,30,32,34,36,38,40-41,44-45,47,49-50,53-54,56-59H2,1-3H3,(H,65,68)/b10-7-,11-8-,19-16-,20-17-,28-25-,29-26-,33-31-,37-35-,42-39-,46-43-,51-48-,55-52-. The molecule has 0 aromatic heterocycles. The Morgan fingerprint density at radius 3 is 1.13 bits per heavy atom. The van der Waals surface area contributed by atoms with Crippen molar-refractivity contribution in [1.29, 1.82) is 0 Å². The number of esters is 1. The first-order valence-electron chi connectivity index (χ1n) is 28.1. The van der Waals surface area contributed by atoms with Gasteiger partial charge < -0.3 is 20.3 Å². The second-order valence-electron chi connectivity index (χ2n) is 18.2. The summed E-state index contributed by atoms with van der Waals surface area (Å²) in [7, 11) is 0. The molecule has 0 saturated carbocycles. The summed E-state index contributed by atoms with van der Waals surface area (Å²) in [6, 6.07) is -0.770.